The van der Waals surface area contributed by atoms with Crippen LogP contribution in [0.3, 0.4) is 0 Å². The molecule has 7 nitrogen and oxygen atoms in total. The molecule has 2 aromatic carbocycles. The lowest BCUT2D eigenvalue weighted by atomic mass is 10.1. The normalized spacial score (nSPS) is 13.2. The third-order valence-electron chi connectivity index (χ3n) is 5.05. The number of anilines is 2. The average molecular weight is 444 g/mol. The van der Waals surface area contributed by atoms with E-state index in [1.54, 1.807) is 22.4 Å². The van der Waals surface area contributed by atoms with E-state index in [1.807, 2.05) is 32.0 Å². The Balaban J connectivity index is 1.46. The van der Waals surface area contributed by atoms with Gasteiger partial charge >= 0.3 is 0 Å². The van der Waals surface area contributed by atoms with Gasteiger partial charge in [0.2, 0.25) is 0 Å². The number of aromatic nitrogens is 1. The van der Waals surface area contributed by atoms with Crippen LogP contribution < -0.4 is 14.4 Å². The molecular formula is C21H21N3O4S2. The molecule has 0 spiro atoms. The lowest BCUT2D eigenvalue weighted by Crippen LogP contribution is -2.33. The number of rotatable bonds is 6. The summed E-state index contributed by atoms with van der Waals surface area (Å²) in [7, 11) is -3.73. The van der Waals surface area contributed by atoms with E-state index in [-0.39, 0.29) is 17.4 Å². The highest BCUT2D eigenvalue weighted by Crippen LogP contribution is 2.31. The fourth-order valence-electron chi connectivity index (χ4n) is 3.28. The smallest absolute Gasteiger partial charge is 0.264 e. The number of amides is 1. The van der Waals surface area contributed by atoms with Gasteiger partial charge in [0.25, 0.3) is 15.9 Å². The number of hydrogen-bond acceptors (Lipinski definition) is 6. The second-order valence-corrected chi connectivity index (χ2v) is 9.64. The molecule has 1 aliphatic rings. The summed E-state index contributed by atoms with van der Waals surface area (Å²) in [5.74, 6) is 0.490. The monoisotopic (exact) mass is 443 g/mol. The first-order chi connectivity index (χ1) is 14.3. The van der Waals surface area contributed by atoms with Crippen molar-refractivity contribution < 1.29 is 17.9 Å². The van der Waals surface area contributed by atoms with Gasteiger partial charge in [-0.2, -0.15) is 0 Å². The molecular weight excluding hydrogens is 422 g/mol. The summed E-state index contributed by atoms with van der Waals surface area (Å²) in [6, 6.07) is 10.5. The third kappa shape index (κ3) is 4.17. The molecule has 0 atom stereocenters. The summed E-state index contributed by atoms with van der Waals surface area (Å²) in [5, 5.41) is 2.01. The first kappa shape index (κ1) is 20.4. The summed E-state index contributed by atoms with van der Waals surface area (Å²) in [4.78, 5) is 18.4. The molecule has 1 amide bonds. The molecule has 0 saturated heterocycles. The molecule has 156 valence electrons. The first-order valence-electron chi connectivity index (χ1n) is 9.39. The number of sulfonamides is 1. The van der Waals surface area contributed by atoms with Crippen LogP contribution in [0, 0.1) is 13.8 Å². The zero-order chi connectivity index (χ0) is 21.3. The van der Waals surface area contributed by atoms with Gasteiger partial charge in [0.05, 0.1) is 4.90 Å². The number of nitrogens with one attached hydrogen (secondary N) is 1. The van der Waals surface area contributed by atoms with E-state index in [2.05, 4.69) is 9.71 Å². The molecule has 30 heavy (non-hydrogen) atoms. The third-order valence-corrected chi connectivity index (χ3v) is 7.21. The number of carbonyl (C=O) groups excluding carboxylic acids is 1. The van der Waals surface area contributed by atoms with Crippen LogP contribution in [0.2, 0.25) is 0 Å². The molecule has 1 aliphatic heterocycles. The highest BCUT2D eigenvalue weighted by atomic mass is 32.2. The van der Waals surface area contributed by atoms with Crippen molar-refractivity contribution in [3.05, 3.63) is 64.7 Å². The molecule has 0 radical (unpaired) electrons. The molecule has 0 saturated carbocycles. The Hall–Kier alpha value is -2.91. The number of fused-ring (bicyclic) bond motifs is 1. The lowest BCUT2D eigenvalue weighted by molar-refractivity contribution is -0.120. The van der Waals surface area contributed by atoms with Crippen LogP contribution in [-0.2, 0) is 21.2 Å². The fourth-order valence-corrected chi connectivity index (χ4v) is 5.12. The lowest BCUT2D eigenvalue weighted by Gasteiger charge is -2.18. The van der Waals surface area contributed by atoms with Gasteiger partial charge in [-0.3, -0.25) is 9.52 Å². The van der Waals surface area contributed by atoms with Crippen LogP contribution >= 0.6 is 11.3 Å². The Kier molecular flexibility index (Phi) is 5.48. The van der Waals surface area contributed by atoms with Gasteiger partial charge < -0.3 is 9.64 Å². The Morgan fingerprint density at radius 1 is 1.20 bits per heavy atom. The standard InChI is InChI=1S/C21H21N3O4S2/c1-14-3-4-17(11-15(14)2)28-13-20(25)24-9-7-16-12-18(5-6-19(16)24)30(26,27)23-21-22-8-10-29-21/h3-6,8,10-12H,7,9,13H2,1-2H3,(H,22,23). The largest absolute Gasteiger partial charge is 0.484 e. The summed E-state index contributed by atoms with van der Waals surface area (Å²) in [5.41, 5.74) is 3.80. The molecule has 0 bridgehead atoms. The van der Waals surface area contributed by atoms with Crippen LogP contribution in [0.4, 0.5) is 10.8 Å². The van der Waals surface area contributed by atoms with Crippen molar-refractivity contribution >= 4 is 38.1 Å². The van der Waals surface area contributed by atoms with Gasteiger partial charge in [0, 0.05) is 23.8 Å². The second-order valence-electron chi connectivity index (χ2n) is 7.06. The number of aryl methyl sites for hydroxylation is 2. The SMILES string of the molecule is Cc1ccc(OCC(=O)N2CCc3cc(S(=O)(=O)Nc4nccs4)ccc32)cc1C. The fraction of sp³-hybridized carbons (Fsp3) is 0.238. The molecule has 4 rings (SSSR count). The average Bonchev–Trinajstić information content (AvgIpc) is 3.37. The van der Waals surface area contributed by atoms with Crippen molar-refractivity contribution in [2.75, 3.05) is 22.8 Å². The van der Waals surface area contributed by atoms with Crippen molar-refractivity contribution in [2.45, 2.75) is 25.2 Å². The minimum atomic E-state index is -3.73. The van der Waals surface area contributed by atoms with E-state index in [1.165, 1.54) is 23.6 Å². The molecule has 1 N–H and O–H groups in total. The van der Waals surface area contributed by atoms with E-state index in [0.717, 1.165) is 22.4 Å². The maximum atomic E-state index is 12.7. The molecule has 0 aliphatic carbocycles. The molecule has 0 unspecified atom stereocenters. The molecule has 1 aromatic heterocycles. The van der Waals surface area contributed by atoms with Crippen LogP contribution in [0.5, 0.6) is 5.75 Å². The number of thiazole rings is 1. The van der Waals surface area contributed by atoms with E-state index in [9.17, 15) is 13.2 Å². The van der Waals surface area contributed by atoms with Crippen LogP contribution in [0.1, 0.15) is 16.7 Å². The van der Waals surface area contributed by atoms with Crippen LogP contribution in [0.25, 0.3) is 0 Å². The minimum Gasteiger partial charge on any atom is -0.484 e. The quantitative estimate of drug-likeness (QED) is 0.630. The number of hydrogen-bond donors (Lipinski definition) is 1. The van der Waals surface area contributed by atoms with Gasteiger partial charge in [-0.1, -0.05) is 6.07 Å². The Labute approximate surface area is 179 Å². The van der Waals surface area contributed by atoms with Crippen molar-refractivity contribution in [3.8, 4) is 5.75 Å². The van der Waals surface area contributed by atoms with Gasteiger partial charge in [0.1, 0.15) is 5.75 Å². The van der Waals surface area contributed by atoms with Gasteiger partial charge in [-0.15, -0.1) is 11.3 Å². The Morgan fingerprint density at radius 2 is 2.03 bits per heavy atom. The predicted molar refractivity (Wildman–Crippen MR) is 117 cm³/mol. The van der Waals surface area contributed by atoms with Gasteiger partial charge in [-0.25, -0.2) is 13.4 Å². The van der Waals surface area contributed by atoms with Crippen molar-refractivity contribution in [1.29, 1.82) is 0 Å². The maximum absolute atomic E-state index is 12.7. The van der Waals surface area contributed by atoms with Crippen molar-refractivity contribution in [3.63, 3.8) is 0 Å². The summed E-state index contributed by atoms with van der Waals surface area (Å²) in [6.45, 7) is 4.43. The zero-order valence-corrected chi connectivity index (χ0v) is 18.2. The number of nitrogens with zero attached hydrogens (tertiary/aromatic N) is 2. The topological polar surface area (TPSA) is 88.6 Å². The highest BCUT2D eigenvalue weighted by Gasteiger charge is 2.27. The van der Waals surface area contributed by atoms with Gasteiger partial charge in [-0.05, 0) is 67.3 Å². The van der Waals surface area contributed by atoms with E-state index < -0.39 is 10.0 Å². The Bertz CT molecular complexity index is 1190. The predicted octanol–water partition coefficient (Wildman–Crippen LogP) is 3.53. The molecule has 2 heterocycles. The molecule has 9 heteroatoms. The highest BCUT2D eigenvalue weighted by molar-refractivity contribution is 7.93. The van der Waals surface area contributed by atoms with Crippen molar-refractivity contribution in [1.82, 2.24) is 4.98 Å². The van der Waals surface area contributed by atoms with Gasteiger partial charge in [0.15, 0.2) is 11.7 Å². The minimum absolute atomic E-state index is 0.0758. The maximum Gasteiger partial charge on any atom is 0.264 e. The van der Waals surface area contributed by atoms with E-state index in [0.29, 0.717) is 23.8 Å². The summed E-state index contributed by atoms with van der Waals surface area (Å²) in [6.07, 6.45) is 2.13. The zero-order valence-electron chi connectivity index (χ0n) is 16.6. The number of ether oxygens (including phenoxy) is 1. The number of carbonyl (C=O) groups is 1. The van der Waals surface area contributed by atoms with Crippen molar-refractivity contribution in [2.24, 2.45) is 0 Å². The second kappa shape index (κ2) is 8.08. The summed E-state index contributed by atoms with van der Waals surface area (Å²) >= 11 is 1.21. The first-order valence-corrected chi connectivity index (χ1v) is 11.8. The Morgan fingerprint density at radius 3 is 2.77 bits per heavy atom. The molecule has 0 fully saturated rings. The van der Waals surface area contributed by atoms with Crippen LogP contribution in [0.15, 0.2) is 52.9 Å². The number of benzene rings is 2. The summed E-state index contributed by atoms with van der Waals surface area (Å²) < 4.78 is 33.3. The molecule has 3 aromatic rings. The van der Waals surface area contributed by atoms with E-state index in [4.69, 9.17) is 4.74 Å². The van der Waals surface area contributed by atoms with E-state index >= 15 is 0 Å². The van der Waals surface area contributed by atoms with Crippen LogP contribution in [-0.4, -0.2) is 32.5 Å².